The molecule has 0 aliphatic heterocycles. The highest BCUT2D eigenvalue weighted by Crippen LogP contribution is 2.24. The van der Waals surface area contributed by atoms with Gasteiger partial charge in [-0.05, 0) is 6.42 Å². The van der Waals surface area contributed by atoms with Crippen molar-refractivity contribution < 1.29 is 9.53 Å². The zero-order chi connectivity index (χ0) is 13.9. The van der Waals surface area contributed by atoms with E-state index < -0.39 is 0 Å². The molecule has 0 atom stereocenters. The summed E-state index contributed by atoms with van der Waals surface area (Å²) in [4.78, 5) is 16.8. The van der Waals surface area contributed by atoms with Crippen LogP contribution in [0.2, 0.25) is 0 Å². The van der Waals surface area contributed by atoms with Gasteiger partial charge in [0.25, 0.3) is 0 Å². The van der Waals surface area contributed by atoms with Crippen LogP contribution in [0.1, 0.15) is 12.1 Å². The van der Waals surface area contributed by atoms with Gasteiger partial charge in [-0.15, -0.1) is 11.3 Å². The highest BCUT2D eigenvalue weighted by molar-refractivity contribution is 7.15. The third-order valence-electron chi connectivity index (χ3n) is 3.17. The second-order valence-electron chi connectivity index (χ2n) is 4.45. The van der Waals surface area contributed by atoms with Crippen molar-refractivity contribution in [2.24, 2.45) is 0 Å². The minimum absolute atomic E-state index is 0.187. The summed E-state index contributed by atoms with van der Waals surface area (Å²) in [5.74, 6) is -0.187. The molecule has 3 rings (SSSR count). The number of hydrogen-bond donors (Lipinski definition) is 0. The molecule has 0 radical (unpaired) electrons. The molecule has 0 bridgehead atoms. The van der Waals surface area contributed by atoms with E-state index in [9.17, 15) is 4.79 Å². The number of ether oxygens (including phenoxy) is 1. The third-order valence-corrected chi connectivity index (χ3v) is 4.05. The molecule has 0 unspecified atom stereocenters. The van der Waals surface area contributed by atoms with Crippen LogP contribution in [0.5, 0.6) is 0 Å². The molecule has 2 heterocycles. The Hall–Kier alpha value is -2.14. The quantitative estimate of drug-likeness (QED) is 0.692. The number of carbonyl (C=O) groups is 1. The van der Waals surface area contributed by atoms with Gasteiger partial charge >= 0.3 is 5.97 Å². The van der Waals surface area contributed by atoms with Gasteiger partial charge in [0.2, 0.25) is 0 Å². The van der Waals surface area contributed by atoms with Crippen molar-refractivity contribution in [3.8, 4) is 11.3 Å². The van der Waals surface area contributed by atoms with Crippen molar-refractivity contribution in [3.05, 3.63) is 47.6 Å². The van der Waals surface area contributed by atoms with Crippen molar-refractivity contribution in [2.75, 3.05) is 7.11 Å². The maximum atomic E-state index is 11.2. The lowest BCUT2D eigenvalue weighted by Gasteiger charge is -1.98. The summed E-state index contributed by atoms with van der Waals surface area (Å²) >= 11 is 1.59. The van der Waals surface area contributed by atoms with Crippen molar-refractivity contribution in [3.63, 3.8) is 0 Å². The van der Waals surface area contributed by atoms with Crippen LogP contribution in [0.4, 0.5) is 0 Å². The summed E-state index contributed by atoms with van der Waals surface area (Å²) in [5, 5.41) is 2.04. The molecule has 4 nitrogen and oxygen atoms in total. The van der Waals surface area contributed by atoms with Crippen LogP contribution >= 0.6 is 11.3 Å². The van der Waals surface area contributed by atoms with Gasteiger partial charge in [0.15, 0.2) is 4.96 Å². The minimum Gasteiger partial charge on any atom is -0.469 e. The van der Waals surface area contributed by atoms with Crippen LogP contribution < -0.4 is 0 Å². The Bertz CT molecular complexity index is 731. The fourth-order valence-corrected chi connectivity index (χ4v) is 3.00. The average molecular weight is 286 g/mol. The van der Waals surface area contributed by atoms with Gasteiger partial charge in [0.05, 0.1) is 19.2 Å². The molecular formula is C15H14N2O2S. The largest absolute Gasteiger partial charge is 0.469 e. The van der Waals surface area contributed by atoms with E-state index in [4.69, 9.17) is 0 Å². The summed E-state index contributed by atoms with van der Waals surface area (Å²) < 4.78 is 6.73. The molecule has 0 amide bonds. The van der Waals surface area contributed by atoms with Gasteiger partial charge in [-0.25, -0.2) is 4.98 Å². The third kappa shape index (κ3) is 2.44. The van der Waals surface area contributed by atoms with Gasteiger partial charge in [0, 0.05) is 22.8 Å². The van der Waals surface area contributed by atoms with Crippen molar-refractivity contribution in [2.45, 2.75) is 12.8 Å². The topological polar surface area (TPSA) is 43.6 Å². The Morgan fingerprint density at radius 2 is 2.15 bits per heavy atom. The lowest BCUT2D eigenvalue weighted by Crippen LogP contribution is -2.02. The zero-order valence-corrected chi connectivity index (χ0v) is 11.9. The normalized spacial score (nSPS) is 10.8. The summed E-state index contributed by atoms with van der Waals surface area (Å²) in [6.45, 7) is 0. The first-order chi connectivity index (χ1) is 9.78. The van der Waals surface area contributed by atoms with E-state index in [2.05, 4.69) is 14.1 Å². The van der Waals surface area contributed by atoms with Crippen LogP contribution in [0, 0.1) is 0 Å². The lowest BCUT2D eigenvalue weighted by molar-refractivity contribution is -0.140. The van der Waals surface area contributed by atoms with Crippen LogP contribution in [0.3, 0.4) is 0 Å². The SMILES string of the molecule is COC(=O)CCc1csc2nc(-c3ccccc3)cn12. The number of hydrogen-bond acceptors (Lipinski definition) is 4. The van der Waals surface area contributed by atoms with Gasteiger partial charge in [0.1, 0.15) is 0 Å². The monoisotopic (exact) mass is 286 g/mol. The molecular weight excluding hydrogens is 272 g/mol. The maximum Gasteiger partial charge on any atom is 0.305 e. The summed E-state index contributed by atoms with van der Waals surface area (Å²) in [6, 6.07) is 10.1. The smallest absolute Gasteiger partial charge is 0.305 e. The number of esters is 1. The number of nitrogens with zero attached hydrogens (tertiary/aromatic N) is 2. The highest BCUT2D eigenvalue weighted by Gasteiger charge is 2.10. The van der Waals surface area contributed by atoms with Gasteiger partial charge in [-0.2, -0.15) is 0 Å². The number of benzene rings is 1. The maximum absolute atomic E-state index is 11.2. The lowest BCUT2D eigenvalue weighted by atomic mass is 10.2. The molecule has 0 fully saturated rings. The first-order valence-electron chi connectivity index (χ1n) is 6.35. The number of methoxy groups -OCH3 is 1. The fourth-order valence-electron chi connectivity index (χ4n) is 2.09. The number of aromatic nitrogens is 2. The van der Waals surface area contributed by atoms with Crippen molar-refractivity contribution >= 4 is 22.3 Å². The molecule has 5 heteroatoms. The van der Waals surface area contributed by atoms with Crippen molar-refractivity contribution in [1.29, 1.82) is 0 Å². The van der Waals surface area contributed by atoms with E-state index in [1.54, 1.807) is 11.3 Å². The summed E-state index contributed by atoms with van der Waals surface area (Å²) in [6.07, 6.45) is 3.08. The molecule has 0 saturated carbocycles. The molecule has 0 N–H and O–H groups in total. The van der Waals surface area contributed by atoms with Crippen LogP contribution in [-0.2, 0) is 16.0 Å². The average Bonchev–Trinajstić information content (AvgIpc) is 3.06. The predicted octanol–water partition coefficient (Wildman–Crippen LogP) is 3.17. The number of imidazole rings is 1. The Kier molecular flexibility index (Phi) is 3.52. The molecule has 102 valence electrons. The highest BCUT2D eigenvalue weighted by atomic mass is 32.1. The minimum atomic E-state index is -0.187. The van der Waals surface area contributed by atoms with Gasteiger partial charge < -0.3 is 4.74 Å². The van der Waals surface area contributed by atoms with Crippen LogP contribution in [-0.4, -0.2) is 22.5 Å². The van der Waals surface area contributed by atoms with E-state index in [0.717, 1.165) is 21.9 Å². The number of carbonyl (C=O) groups excluding carboxylic acids is 1. The number of thiazole rings is 1. The molecule has 0 spiro atoms. The first kappa shape index (κ1) is 12.9. The zero-order valence-electron chi connectivity index (χ0n) is 11.1. The van der Waals surface area contributed by atoms with E-state index in [1.165, 1.54) is 7.11 Å². The molecule has 1 aromatic carbocycles. The Labute approximate surface area is 120 Å². The number of fused-ring (bicyclic) bond motifs is 1. The van der Waals surface area contributed by atoms with Crippen LogP contribution in [0.15, 0.2) is 41.9 Å². The Morgan fingerprint density at radius 1 is 1.35 bits per heavy atom. The van der Waals surface area contributed by atoms with E-state index in [1.807, 2.05) is 41.9 Å². The summed E-state index contributed by atoms with van der Waals surface area (Å²) in [7, 11) is 1.41. The second-order valence-corrected chi connectivity index (χ2v) is 5.28. The first-order valence-corrected chi connectivity index (χ1v) is 7.23. The molecule has 0 aliphatic rings. The molecule has 0 aliphatic carbocycles. The Morgan fingerprint density at radius 3 is 2.90 bits per heavy atom. The molecule has 2 aromatic heterocycles. The predicted molar refractivity (Wildman–Crippen MR) is 78.8 cm³/mol. The van der Waals surface area contributed by atoms with Crippen molar-refractivity contribution in [1.82, 2.24) is 9.38 Å². The standard InChI is InChI=1S/C15H14N2O2S/c1-19-14(18)8-7-12-10-20-15-16-13(9-17(12)15)11-5-3-2-4-6-11/h2-6,9-10H,7-8H2,1H3. The van der Waals surface area contributed by atoms with Gasteiger partial charge in [-0.3, -0.25) is 9.20 Å². The second kappa shape index (κ2) is 5.46. The van der Waals surface area contributed by atoms with Crippen LogP contribution in [0.25, 0.3) is 16.2 Å². The summed E-state index contributed by atoms with van der Waals surface area (Å²) in [5.41, 5.74) is 3.14. The molecule has 3 aromatic rings. The molecule has 0 saturated heterocycles. The van der Waals surface area contributed by atoms with E-state index in [0.29, 0.717) is 12.8 Å². The van der Waals surface area contributed by atoms with E-state index in [-0.39, 0.29) is 5.97 Å². The molecule has 20 heavy (non-hydrogen) atoms. The Balaban J connectivity index is 1.89. The fraction of sp³-hybridized carbons (Fsp3) is 0.200. The number of rotatable bonds is 4. The van der Waals surface area contributed by atoms with E-state index >= 15 is 0 Å². The van der Waals surface area contributed by atoms with Gasteiger partial charge in [-0.1, -0.05) is 30.3 Å². The number of aryl methyl sites for hydroxylation is 1.